The van der Waals surface area contributed by atoms with Crippen molar-refractivity contribution in [3.05, 3.63) is 33.7 Å². The Labute approximate surface area is 146 Å². The molecule has 0 aliphatic heterocycles. The summed E-state index contributed by atoms with van der Waals surface area (Å²) >= 11 is 0. The lowest BCUT2D eigenvalue weighted by molar-refractivity contribution is 0.568. The van der Waals surface area contributed by atoms with Gasteiger partial charge in [-0.05, 0) is 57.1 Å². The van der Waals surface area contributed by atoms with E-state index < -0.39 is 0 Å². The van der Waals surface area contributed by atoms with Crippen LogP contribution in [0.1, 0.15) is 51.1 Å². The number of hydrogen-bond donors (Lipinski definition) is 2. The zero-order valence-electron chi connectivity index (χ0n) is 14.9. The summed E-state index contributed by atoms with van der Waals surface area (Å²) in [4.78, 5) is 17.5. The molecule has 2 aromatic heterocycles. The fraction of sp³-hybridized carbons (Fsp3) is 0.579. The molecule has 2 saturated carbocycles. The van der Waals surface area contributed by atoms with Crippen LogP contribution in [0.15, 0.2) is 16.9 Å². The predicted molar refractivity (Wildman–Crippen MR) is 97.0 cm³/mol. The first kappa shape index (κ1) is 16.2. The topological polar surface area (TPSA) is 87.5 Å². The van der Waals surface area contributed by atoms with E-state index in [2.05, 4.69) is 11.9 Å². The molecule has 0 bridgehead atoms. The van der Waals surface area contributed by atoms with Crippen LogP contribution in [0, 0.1) is 29.1 Å². The maximum absolute atomic E-state index is 12.9. The summed E-state index contributed by atoms with van der Waals surface area (Å²) in [6.45, 7) is 4.58. The van der Waals surface area contributed by atoms with E-state index >= 15 is 0 Å². The third kappa shape index (κ3) is 2.46. The highest BCUT2D eigenvalue weighted by Gasteiger charge is 2.57. The molecule has 0 amide bonds. The monoisotopic (exact) mass is 339 g/mol. The molecule has 2 fully saturated rings. The Kier molecular flexibility index (Phi) is 3.67. The average molecular weight is 339 g/mol. The second kappa shape index (κ2) is 5.64. The minimum Gasteiger partial charge on any atom is -0.302 e. The van der Waals surface area contributed by atoms with Crippen LogP contribution in [-0.2, 0) is 6.54 Å². The van der Waals surface area contributed by atoms with E-state index in [1.807, 2.05) is 19.1 Å². The first-order valence-corrected chi connectivity index (χ1v) is 9.27. The van der Waals surface area contributed by atoms with Crippen LogP contribution in [0.3, 0.4) is 0 Å². The van der Waals surface area contributed by atoms with Crippen molar-refractivity contribution in [2.24, 2.45) is 11.3 Å². The number of aromatic nitrogens is 3. The normalized spacial score (nSPS) is 18.5. The molecule has 25 heavy (non-hydrogen) atoms. The summed E-state index contributed by atoms with van der Waals surface area (Å²) < 4.78 is 3.19. The molecule has 0 atom stereocenters. The lowest BCUT2D eigenvalue weighted by Gasteiger charge is -2.21. The molecule has 2 aromatic rings. The third-order valence-electron chi connectivity index (χ3n) is 5.75. The molecule has 0 saturated heterocycles. The van der Waals surface area contributed by atoms with E-state index in [-0.39, 0.29) is 16.5 Å². The van der Waals surface area contributed by atoms with Crippen molar-refractivity contribution in [3.8, 4) is 0 Å². The van der Waals surface area contributed by atoms with Gasteiger partial charge in [0.05, 0.1) is 5.52 Å². The van der Waals surface area contributed by atoms with E-state index in [1.165, 1.54) is 4.57 Å². The fourth-order valence-electron chi connectivity index (χ4n) is 3.94. The summed E-state index contributed by atoms with van der Waals surface area (Å²) in [5, 5.41) is 17.3. The van der Waals surface area contributed by atoms with Crippen LogP contribution in [-0.4, -0.2) is 20.0 Å². The first-order valence-electron chi connectivity index (χ1n) is 9.27. The number of pyridine rings is 1. The van der Waals surface area contributed by atoms with E-state index in [1.54, 1.807) is 4.57 Å². The molecule has 0 aromatic carbocycles. The number of aryl methyl sites for hydroxylation is 2. The number of hydrogen-bond acceptors (Lipinski definition) is 4. The maximum atomic E-state index is 12.9. The van der Waals surface area contributed by atoms with E-state index in [9.17, 15) is 4.79 Å². The van der Waals surface area contributed by atoms with Gasteiger partial charge in [0.1, 0.15) is 5.84 Å². The molecule has 2 heterocycles. The third-order valence-corrected chi connectivity index (χ3v) is 5.75. The van der Waals surface area contributed by atoms with Gasteiger partial charge in [-0.15, -0.1) is 0 Å². The summed E-state index contributed by atoms with van der Waals surface area (Å²) in [5.41, 5.74) is 1.59. The van der Waals surface area contributed by atoms with Crippen molar-refractivity contribution in [3.63, 3.8) is 0 Å². The van der Waals surface area contributed by atoms with Crippen LogP contribution < -0.4 is 11.0 Å². The molecule has 0 unspecified atom stereocenters. The Bertz CT molecular complexity index is 976. The van der Waals surface area contributed by atoms with Crippen LogP contribution >= 0.6 is 0 Å². The average Bonchev–Trinajstić information content (AvgIpc) is 3.47. The van der Waals surface area contributed by atoms with Crippen molar-refractivity contribution < 1.29 is 0 Å². The summed E-state index contributed by atoms with van der Waals surface area (Å²) in [6.07, 6.45) is 6.18. The van der Waals surface area contributed by atoms with Crippen molar-refractivity contribution in [2.45, 2.75) is 58.9 Å². The van der Waals surface area contributed by atoms with Gasteiger partial charge in [-0.3, -0.25) is 20.2 Å². The number of unbranched alkanes of at least 4 members (excludes halogenated alkanes) is 1. The Morgan fingerprint density at radius 2 is 2.08 bits per heavy atom. The van der Waals surface area contributed by atoms with Gasteiger partial charge in [-0.1, -0.05) is 13.3 Å². The van der Waals surface area contributed by atoms with E-state index in [0.717, 1.165) is 49.7 Å². The fourth-order valence-corrected chi connectivity index (χ4v) is 3.94. The minimum atomic E-state index is -0.317. The molecular formula is C19H25N5O. The lowest BCUT2D eigenvalue weighted by Crippen LogP contribution is -2.46. The Morgan fingerprint density at radius 1 is 1.36 bits per heavy atom. The van der Waals surface area contributed by atoms with Gasteiger partial charge in [-0.2, -0.15) is 0 Å². The highest BCUT2D eigenvalue weighted by Crippen LogP contribution is 2.62. The van der Waals surface area contributed by atoms with Gasteiger partial charge >= 0.3 is 0 Å². The van der Waals surface area contributed by atoms with Crippen molar-refractivity contribution in [1.29, 1.82) is 10.8 Å². The smallest absolute Gasteiger partial charge is 0.294 e. The van der Waals surface area contributed by atoms with E-state index in [4.69, 9.17) is 10.8 Å². The van der Waals surface area contributed by atoms with Gasteiger partial charge < -0.3 is 4.57 Å². The van der Waals surface area contributed by atoms with Gasteiger partial charge in [0.15, 0.2) is 11.1 Å². The highest BCUT2D eigenvalue weighted by molar-refractivity contribution is 5.95. The SMILES string of the molecule is CCCCn1c(=O)c(=N)n(C(=N)C2(C3CC3)CC2)c2nc(C)ccc21. The molecule has 6 heteroatoms. The Balaban J connectivity index is 1.97. The molecule has 2 N–H and O–H groups in total. The number of fused-ring (bicyclic) bond motifs is 1. The molecule has 0 radical (unpaired) electrons. The van der Waals surface area contributed by atoms with Crippen LogP contribution in [0.5, 0.6) is 0 Å². The van der Waals surface area contributed by atoms with Crippen molar-refractivity contribution >= 4 is 17.0 Å². The molecule has 4 rings (SSSR count). The predicted octanol–water partition coefficient (Wildman–Crippen LogP) is 2.80. The van der Waals surface area contributed by atoms with E-state index in [0.29, 0.717) is 23.9 Å². The zero-order chi connectivity index (χ0) is 17.8. The first-order chi connectivity index (χ1) is 12.0. The Morgan fingerprint density at radius 3 is 2.68 bits per heavy atom. The zero-order valence-corrected chi connectivity index (χ0v) is 14.9. The standard InChI is InChI=1S/C19H25N5O/c1-3-4-11-23-14-8-5-12(2)22-16(14)24(15(20)17(23)25)18(21)19(9-10-19)13-6-7-13/h5,8,13,20-21H,3-4,6-7,9-11H2,1-2H3. The second-order valence-corrected chi connectivity index (χ2v) is 7.57. The van der Waals surface area contributed by atoms with Crippen LogP contribution in [0.25, 0.3) is 11.2 Å². The largest absolute Gasteiger partial charge is 0.302 e. The summed E-state index contributed by atoms with van der Waals surface area (Å²) in [5.74, 6) is 0.956. The maximum Gasteiger partial charge on any atom is 0.294 e. The van der Waals surface area contributed by atoms with Crippen molar-refractivity contribution in [1.82, 2.24) is 14.1 Å². The lowest BCUT2D eigenvalue weighted by atomic mass is 9.98. The molecule has 0 spiro atoms. The number of rotatable bonds is 5. The number of nitrogens with one attached hydrogen (secondary N) is 2. The minimum absolute atomic E-state index is 0.124. The quantitative estimate of drug-likeness (QED) is 0.648. The molecule has 2 aliphatic carbocycles. The highest BCUT2D eigenvalue weighted by atomic mass is 16.1. The van der Waals surface area contributed by atoms with Gasteiger partial charge in [-0.25, -0.2) is 4.98 Å². The van der Waals surface area contributed by atoms with Crippen LogP contribution in [0.2, 0.25) is 0 Å². The molecular weight excluding hydrogens is 314 g/mol. The molecule has 2 aliphatic rings. The molecule has 132 valence electrons. The van der Waals surface area contributed by atoms with Crippen molar-refractivity contribution in [2.75, 3.05) is 0 Å². The molecule has 6 nitrogen and oxygen atoms in total. The summed E-state index contributed by atoms with van der Waals surface area (Å²) in [7, 11) is 0. The van der Waals surface area contributed by atoms with Gasteiger partial charge in [0, 0.05) is 17.7 Å². The number of nitrogens with zero attached hydrogens (tertiary/aromatic N) is 3. The Hall–Kier alpha value is -2.24. The van der Waals surface area contributed by atoms with Gasteiger partial charge in [0.2, 0.25) is 0 Å². The second-order valence-electron chi connectivity index (χ2n) is 7.57. The van der Waals surface area contributed by atoms with Gasteiger partial charge in [0.25, 0.3) is 5.56 Å². The van der Waals surface area contributed by atoms with Crippen LogP contribution in [0.4, 0.5) is 0 Å². The summed E-state index contributed by atoms with van der Waals surface area (Å²) in [6, 6.07) is 3.81.